The Labute approximate surface area is 110 Å². The Hall–Kier alpha value is -2.24. The highest BCUT2D eigenvalue weighted by molar-refractivity contribution is 5.99. The Morgan fingerprint density at radius 2 is 2.21 bits per heavy atom. The SMILES string of the molecule is CC(C)C1=NNC(=O)CC1c1cccc([N+](=O)[O-])c1. The van der Waals surface area contributed by atoms with Crippen LogP contribution in [0.25, 0.3) is 0 Å². The molecule has 1 heterocycles. The molecule has 1 atom stereocenters. The van der Waals surface area contributed by atoms with Gasteiger partial charge in [0, 0.05) is 30.2 Å². The lowest BCUT2D eigenvalue weighted by Crippen LogP contribution is -2.34. The van der Waals surface area contributed by atoms with E-state index in [1.54, 1.807) is 12.1 Å². The summed E-state index contributed by atoms with van der Waals surface area (Å²) in [5.41, 5.74) is 4.11. The highest BCUT2D eigenvalue weighted by Crippen LogP contribution is 2.29. The number of hydrogen-bond acceptors (Lipinski definition) is 4. The van der Waals surface area contributed by atoms with Gasteiger partial charge < -0.3 is 0 Å². The predicted molar refractivity (Wildman–Crippen MR) is 70.9 cm³/mol. The second-order valence-electron chi connectivity index (χ2n) is 4.84. The van der Waals surface area contributed by atoms with Crippen molar-refractivity contribution < 1.29 is 9.72 Å². The van der Waals surface area contributed by atoms with E-state index in [-0.39, 0.29) is 29.9 Å². The van der Waals surface area contributed by atoms with E-state index < -0.39 is 4.92 Å². The number of nitro groups is 1. The van der Waals surface area contributed by atoms with E-state index in [4.69, 9.17) is 0 Å². The molecule has 0 saturated carbocycles. The Balaban J connectivity index is 2.40. The van der Waals surface area contributed by atoms with Crippen molar-refractivity contribution in [2.24, 2.45) is 11.0 Å². The van der Waals surface area contributed by atoms with Gasteiger partial charge in [0.2, 0.25) is 5.91 Å². The fourth-order valence-electron chi connectivity index (χ4n) is 2.22. The van der Waals surface area contributed by atoms with Crippen molar-refractivity contribution in [3.8, 4) is 0 Å². The molecule has 19 heavy (non-hydrogen) atoms. The van der Waals surface area contributed by atoms with Crippen LogP contribution in [0.5, 0.6) is 0 Å². The molecule has 1 amide bonds. The van der Waals surface area contributed by atoms with Gasteiger partial charge in [0.1, 0.15) is 0 Å². The fraction of sp³-hybridized carbons (Fsp3) is 0.385. The molecule has 0 aliphatic carbocycles. The zero-order valence-corrected chi connectivity index (χ0v) is 10.8. The van der Waals surface area contributed by atoms with Crippen LogP contribution < -0.4 is 5.43 Å². The van der Waals surface area contributed by atoms with Gasteiger partial charge in [-0.15, -0.1) is 0 Å². The van der Waals surface area contributed by atoms with Crippen molar-refractivity contribution in [3.63, 3.8) is 0 Å². The molecule has 0 bridgehead atoms. The molecule has 1 unspecified atom stereocenters. The smallest absolute Gasteiger partial charge is 0.269 e. The zero-order chi connectivity index (χ0) is 14.0. The molecule has 0 fully saturated rings. The molecule has 1 aliphatic heterocycles. The van der Waals surface area contributed by atoms with Gasteiger partial charge in [-0.3, -0.25) is 14.9 Å². The molecule has 1 N–H and O–H groups in total. The van der Waals surface area contributed by atoms with Crippen LogP contribution >= 0.6 is 0 Å². The first-order valence-electron chi connectivity index (χ1n) is 6.09. The predicted octanol–water partition coefficient (Wildman–Crippen LogP) is 2.21. The summed E-state index contributed by atoms with van der Waals surface area (Å²) in [6, 6.07) is 6.39. The first kappa shape index (κ1) is 13.2. The third-order valence-electron chi connectivity index (χ3n) is 3.13. The lowest BCUT2D eigenvalue weighted by atomic mass is 9.84. The average molecular weight is 261 g/mol. The topological polar surface area (TPSA) is 84.6 Å². The first-order valence-corrected chi connectivity index (χ1v) is 6.09. The van der Waals surface area contributed by atoms with E-state index in [2.05, 4.69) is 10.5 Å². The molecule has 2 rings (SSSR count). The monoisotopic (exact) mass is 261 g/mol. The number of hydrogen-bond donors (Lipinski definition) is 1. The highest BCUT2D eigenvalue weighted by atomic mass is 16.6. The van der Waals surface area contributed by atoms with Gasteiger partial charge in [0.15, 0.2) is 0 Å². The average Bonchev–Trinajstić information content (AvgIpc) is 2.38. The maximum Gasteiger partial charge on any atom is 0.269 e. The lowest BCUT2D eigenvalue weighted by Gasteiger charge is -2.25. The number of nitro benzene ring substituents is 1. The van der Waals surface area contributed by atoms with Crippen molar-refractivity contribution in [1.29, 1.82) is 0 Å². The number of non-ortho nitro benzene ring substituents is 1. The van der Waals surface area contributed by atoms with Crippen LogP contribution in [0.3, 0.4) is 0 Å². The number of amides is 1. The molecule has 6 nitrogen and oxygen atoms in total. The number of nitrogens with one attached hydrogen (secondary N) is 1. The molecule has 100 valence electrons. The molecule has 1 aliphatic rings. The molecular weight excluding hydrogens is 246 g/mol. The van der Waals surface area contributed by atoms with E-state index >= 15 is 0 Å². The number of rotatable bonds is 3. The molecule has 0 spiro atoms. The van der Waals surface area contributed by atoms with Gasteiger partial charge in [-0.25, -0.2) is 5.43 Å². The van der Waals surface area contributed by atoms with Gasteiger partial charge in [0.05, 0.1) is 4.92 Å². The van der Waals surface area contributed by atoms with Gasteiger partial charge in [-0.1, -0.05) is 26.0 Å². The van der Waals surface area contributed by atoms with Crippen LogP contribution in [0.15, 0.2) is 29.4 Å². The third-order valence-corrected chi connectivity index (χ3v) is 3.13. The summed E-state index contributed by atoms with van der Waals surface area (Å²) >= 11 is 0. The number of hydrazone groups is 1. The van der Waals surface area contributed by atoms with Crippen LogP contribution in [0, 0.1) is 16.0 Å². The summed E-state index contributed by atoms with van der Waals surface area (Å²) in [4.78, 5) is 21.9. The summed E-state index contributed by atoms with van der Waals surface area (Å²) < 4.78 is 0. The van der Waals surface area contributed by atoms with Crippen molar-refractivity contribution >= 4 is 17.3 Å². The second kappa shape index (κ2) is 5.17. The van der Waals surface area contributed by atoms with E-state index in [1.165, 1.54) is 12.1 Å². The summed E-state index contributed by atoms with van der Waals surface area (Å²) in [5, 5.41) is 14.9. The van der Waals surface area contributed by atoms with Crippen LogP contribution in [0.4, 0.5) is 5.69 Å². The maximum absolute atomic E-state index is 11.5. The Morgan fingerprint density at radius 1 is 1.47 bits per heavy atom. The molecule has 1 aromatic carbocycles. The standard InChI is InChI=1S/C13H15N3O3/c1-8(2)13-11(7-12(17)14-15-13)9-4-3-5-10(6-9)16(18)19/h3-6,8,11H,7H2,1-2H3,(H,14,17). The normalized spacial score (nSPS) is 19.0. The van der Waals surface area contributed by atoms with Gasteiger partial charge in [-0.2, -0.15) is 5.10 Å². The molecule has 6 heteroatoms. The van der Waals surface area contributed by atoms with Gasteiger partial charge in [0.25, 0.3) is 5.69 Å². The zero-order valence-electron chi connectivity index (χ0n) is 10.8. The number of carbonyl (C=O) groups is 1. The molecule has 1 aromatic rings. The largest absolute Gasteiger partial charge is 0.273 e. The molecule has 0 aromatic heterocycles. The minimum atomic E-state index is -0.432. The minimum Gasteiger partial charge on any atom is -0.273 e. The third kappa shape index (κ3) is 2.78. The number of benzene rings is 1. The van der Waals surface area contributed by atoms with E-state index in [0.717, 1.165) is 11.3 Å². The van der Waals surface area contributed by atoms with Crippen molar-refractivity contribution in [3.05, 3.63) is 39.9 Å². The Morgan fingerprint density at radius 3 is 2.84 bits per heavy atom. The van der Waals surface area contributed by atoms with E-state index in [1.807, 2.05) is 13.8 Å². The van der Waals surface area contributed by atoms with E-state index in [9.17, 15) is 14.9 Å². The maximum atomic E-state index is 11.5. The number of carbonyl (C=O) groups excluding carboxylic acids is 1. The van der Waals surface area contributed by atoms with Crippen molar-refractivity contribution in [2.75, 3.05) is 0 Å². The van der Waals surface area contributed by atoms with Crippen LogP contribution in [0.2, 0.25) is 0 Å². The van der Waals surface area contributed by atoms with Crippen LogP contribution in [-0.2, 0) is 4.79 Å². The Kier molecular flexibility index (Phi) is 3.59. The molecular formula is C13H15N3O3. The fourth-order valence-corrected chi connectivity index (χ4v) is 2.22. The number of nitrogens with zero attached hydrogens (tertiary/aromatic N) is 2. The second-order valence-corrected chi connectivity index (χ2v) is 4.84. The first-order chi connectivity index (χ1) is 8.99. The summed E-state index contributed by atoms with van der Waals surface area (Å²) in [7, 11) is 0. The van der Waals surface area contributed by atoms with Crippen molar-refractivity contribution in [2.45, 2.75) is 26.2 Å². The van der Waals surface area contributed by atoms with E-state index in [0.29, 0.717) is 0 Å². The minimum absolute atomic E-state index is 0.0339. The van der Waals surface area contributed by atoms with Gasteiger partial charge in [-0.05, 0) is 11.5 Å². The molecule has 0 radical (unpaired) electrons. The summed E-state index contributed by atoms with van der Waals surface area (Å²) in [6.45, 7) is 3.97. The molecule has 0 saturated heterocycles. The quantitative estimate of drug-likeness (QED) is 0.668. The summed E-state index contributed by atoms with van der Waals surface area (Å²) in [6.07, 6.45) is 0.276. The highest BCUT2D eigenvalue weighted by Gasteiger charge is 2.28. The van der Waals surface area contributed by atoms with Crippen LogP contribution in [-0.4, -0.2) is 16.5 Å². The van der Waals surface area contributed by atoms with Crippen LogP contribution in [0.1, 0.15) is 31.7 Å². The van der Waals surface area contributed by atoms with Gasteiger partial charge >= 0.3 is 0 Å². The van der Waals surface area contributed by atoms with Crippen molar-refractivity contribution in [1.82, 2.24) is 5.43 Å². The summed E-state index contributed by atoms with van der Waals surface area (Å²) in [5.74, 6) is -0.181. The lowest BCUT2D eigenvalue weighted by molar-refractivity contribution is -0.384. The Bertz CT molecular complexity index is 552.